The fourth-order valence-electron chi connectivity index (χ4n) is 3.73. The molecule has 1 atom stereocenters. The molecule has 5 heteroatoms. The fourth-order valence-corrected chi connectivity index (χ4v) is 3.73. The number of methoxy groups -OCH3 is 1. The van der Waals surface area contributed by atoms with E-state index in [2.05, 4.69) is 22.4 Å². The number of rotatable bonds is 5. The van der Waals surface area contributed by atoms with Gasteiger partial charge in [-0.3, -0.25) is 4.79 Å². The van der Waals surface area contributed by atoms with Crippen molar-refractivity contribution in [3.05, 3.63) is 53.7 Å². The minimum Gasteiger partial charge on any atom is -0.497 e. The predicted molar refractivity (Wildman–Crippen MR) is 106 cm³/mol. The van der Waals surface area contributed by atoms with Crippen molar-refractivity contribution in [1.82, 2.24) is 9.88 Å². The van der Waals surface area contributed by atoms with Crippen molar-refractivity contribution in [3.63, 3.8) is 0 Å². The molecule has 2 heterocycles. The number of hydrogen-bond donors (Lipinski definition) is 1. The molecule has 2 fully saturated rings. The van der Waals surface area contributed by atoms with E-state index in [4.69, 9.17) is 4.74 Å². The normalized spacial score (nSPS) is 20.0. The van der Waals surface area contributed by atoms with Crippen LogP contribution in [0.3, 0.4) is 0 Å². The maximum absolute atomic E-state index is 13.2. The maximum atomic E-state index is 13.2. The first kappa shape index (κ1) is 17.8. The first-order chi connectivity index (χ1) is 13.2. The molecule has 1 aliphatic carbocycles. The van der Waals surface area contributed by atoms with E-state index >= 15 is 0 Å². The monoisotopic (exact) mass is 365 g/mol. The summed E-state index contributed by atoms with van der Waals surface area (Å²) in [6, 6.07) is 12.6. The van der Waals surface area contributed by atoms with Gasteiger partial charge in [0.1, 0.15) is 11.6 Å². The molecule has 4 rings (SSSR count). The van der Waals surface area contributed by atoms with Crippen LogP contribution in [0, 0.1) is 0 Å². The largest absolute Gasteiger partial charge is 0.497 e. The van der Waals surface area contributed by atoms with E-state index in [1.165, 1.54) is 24.8 Å². The third-order valence-corrected chi connectivity index (χ3v) is 5.45. The van der Waals surface area contributed by atoms with E-state index in [0.29, 0.717) is 11.6 Å². The topological polar surface area (TPSA) is 54.5 Å². The fraction of sp³-hybridized carbons (Fsp3) is 0.455. The van der Waals surface area contributed by atoms with Gasteiger partial charge in [-0.25, -0.2) is 4.98 Å². The molecule has 1 aromatic carbocycles. The molecular weight excluding hydrogens is 338 g/mol. The first-order valence-corrected chi connectivity index (χ1v) is 9.92. The SMILES string of the molecule is COc1ccc([C@@H]2CCCCCN2C(=O)c2ccc(NC3CC3)nc2)cc1. The molecule has 2 aliphatic rings. The highest BCUT2D eigenvalue weighted by Crippen LogP contribution is 2.32. The Hall–Kier alpha value is -2.56. The molecule has 1 aromatic heterocycles. The number of benzene rings is 1. The Kier molecular flexibility index (Phi) is 5.28. The van der Waals surface area contributed by atoms with Crippen molar-refractivity contribution in [2.75, 3.05) is 19.0 Å². The summed E-state index contributed by atoms with van der Waals surface area (Å²) in [6.07, 6.45) is 8.48. The van der Waals surface area contributed by atoms with Crippen LogP contribution in [0.5, 0.6) is 5.75 Å². The van der Waals surface area contributed by atoms with Gasteiger partial charge in [0.15, 0.2) is 0 Å². The lowest BCUT2D eigenvalue weighted by atomic mass is 10.00. The van der Waals surface area contributed by atoms with Crippen LogP contribution in [0.2, 0.25) is 0 Å². The zero-order valence-corrected chi connectivity index (χ0v) is 15.9. The number of pyridine rings is 1. The van der Waals surface area contributed by atoms with Crippen molar-refractivity contribution in [1.29, 1.82) is 0 Å². The van der Waals surface area contributed by atoms with Gasteiger partial charge >= 0.3 is 0 Å². The summed E-state index contributed by atoms with van der Waals surface area (Å²) < 4.78 is 5.27. The number of nitrogens with zero attached hydrogens (tertiary/aromatic N) is 2. The number of anilines is 1. The Morgan fingerprint density at radius 1 is 1.07 bits per heavy atom. The van der Waals surface area contributed by atoms with Gasteiger partial charge in [-0.05, 0) is 55.5 Å². The van der Waals surface area contributed by atoms with E-state index < -0.39 is 0 Å². The summed E-state index contributed by atoms with van der Waals surface area (Å²) in [5, 5.41) is 3.37. The quantitative estimate of drug-likeness (QED) is 0.852. The number of hydrogen-bond acceptors (Lipinski definition) is 4. The lowest BCUT2D eigenvalue weighted by molar-refractivity contribution is 0.0680. The lowest BCUT2D eigenvalue weighted by Gasteiger charge is -2.30. The van der Waals surface area contributed by atoms with Crippen molar-refractivity contribution in [3.8, 4) is 5.75 Å². The molecular formula is C22H27N3O2. The number of aromatic nitrogens is 1. The molecule has 142 valence electrons. The van der Waals surface area contributed by atoms with E-state index in [-0.39, 0.29) is 11.9 Å². The third kappa shape index (κ3) is 4.24. The van der Waals surface area contributed by atoms with Crippen LogP contribution in [-0.4, -0.2) is 35.5 Å². The second-order valence-electron chi connectivity index (χ2n) is 7.49. The maximum Gasteiger partial charge on any atom is 0.255 e. The van der Waals surface area contributed by atoms with Crippen LogP contribution in [0.1, 0.15) is 60.5 Å². The molecule has 0 radical (unpaired) electrons. The second-order valence-corrected chi connectivity index (χ2v) is 7.49. The molecule has 1 saturated heterocycles. The van der Waals surface area contributed by atoms with Crippen molar-refractivity contribution in [2.24, 2.45) is 0 Å². The van der Waals surface area contributed by atoms with Gasteiger partial charge in [0.2, 0.25) is 0 Å². The van der Waals surface area contributed by atoms with Crippen LogP contribution < -0.4 is 10.1 Å². The van der Waals surface area contributed by atoms with Crippen molar-refractivity contribution >= 4 is 11.7 Å². The minimum atomic E-state index is 0.0724. The molecule has 27 heavy (non-hydrogen) atoms. The van der Waals surface area contributed by atoms with Gasteiger partial charge in [-0.2, -0.15) is 0 Å². The smallest absolute Gasteiger partial charge is 0.255 e. The van der Waals surface area contributed by atoms with Crippen LogP contribution >= 0.6 is 0 Å². The molecule has 5 nitrogen and oxygen atoms in total. The van der Waals surface area contributed by atoms with Crippen LogP contribution in [-0.2, 0) is 0 Å². The number of nitrogens with one attached hydrogen (secondary N) is 1. The standard InChI is InChI=1S/C22H27N3O2/c1-27-19-11-6-16(7-12-19)20-5-3-2-4-14-25(20)22(26)17-8-13-21(23-15-17)24-18-9-10-18/h6-8,11-13,15,18,20H,2-5,9-10,14H2,1H3,(H,23,24)/t20-/m0/s1. The summed E-state index contributed by atoms with van der Waals surface area (Å²) in [7, 11) is 1.67. The molecule has 2 aromatic rings. The highest BCUT2D eigenvalue weighted by molar-refractivity contribution is 5.94. The number of carbonyl (C=O) groups is 1. The van der Waals surface area contributed by atoms with E-state index in [9.17, 15) is 4.79 Å². The van der Waals surface area contributed by atoms with Crippen molar-refractivity contribution in [2.45, 2.75) is 50.6 Å². The van der Waals surface area contributed by atoms with E-state index in [1.807, 2.05) is 29.2 Å². The minimum absolute atomic E-state index is 0.0724. The van der Waals surface area contributed by atoms with Crippen LogP contribution in [0.4, 0.5) is 5.82 Å². The average Bonchev–Trinajstić information content (AvgIpc) is 3.55. The average molecular weight is 365 g/mol. The highest BCUT2D eigenvalue weighted by Gasteiger charge is 2.28. The number of carbonyl (C=O) groups excluding carboxylic acids is 1. The highest BCUT2D eigenvalue weighted by atomic mass is 16.5. The van der Waals surface area contributed by atoms with E-state index in [1.54, 1.807) is 13.3 Å². The third-order valence-electron chi connectivity index (χ3n) is 5.45. The molecule has 1 saturated carbocycles. The van der Waals surface area contributed by atoms with Gasteiger partial charge in [0.25, 0.3) is 5.91 Å². The Morgan fingerprint density at radius 3 is 2.56 bits per heavy atom. The van der Waals surface area contributed by atoms with Gasteiger partial charge in [0, 0.05) is 18.8 Å². The summed E-state index contributed by atoms with van der Waals surface area (Å²) >= 11 is 0. The molecule has 1 amide bonds. The number of likely N-dealkylation sites (tertiary alicyclic amines) is 1. The number of amides is 1. The number of ether oxygens (including phenoxy) is 1. The Bertz CT molecular complexity index is 769. The van der Waals surface area contributed by atoms with Crippen LogP contribution in [0.15, 0.2) is 42.6 Å². The Morgan fingerprint density at radius 2 is 1.89 bits per heavy atom. The summed E-state index contributed by atoms with van der Waals surface area (Å²) in [4.78, 5) is 19.7. The summed E-state index contributed by atoms with van der Waals surface area (Å²) in [6.45, 7) is 0.789. The predicted octanol–water partition coefficient (Wildman–Crippen LogP) is 4.42. The van der Waals surface area contributed by atoms with Crippen molar-refractivity contribution < 1.29 is 9.53 Å². The van der Waals surface area contributed by atoms with Crippen LogP contribution in [0.25, 0.3) is 0 Å². The van der Waals surface area contributed by atoms with E-state index in [0.717, 1.165) is 37.4 Å². The second kappa shape index (κ2) is 7.99. The lowest BCUT2D eigenvalue weighted by Crippen LogP contribution is -2.34. The first-order valence-electron chi connectivity index (χ1n) is 9.92. The Balaban J connectivity index is 1.54. The van der Waals surface area contributed by atoms with Gasteiger partial charge in [-0.1, -0.05) is 25.0 Å². The molecule has 0 unspecified atom stereocenters. The van der Waals surface area contributed by atoms with Gasteiger partial charge in [-0.15, -0.1) is 0 Å². The molecule has 0 bridgehead atoms. The van der Waals surface area contributed by atoms with Gasteiger partial charge < -0.3 is 15.0 Å². The Labute approximate surface area is 160 Å². The molecule has 0 spiro atoms. The molecule has 1 aliphatic heterocycles. The molecule has 1 N–H and O–H groups in total. The zero-order valence-electron chi connectivity index (χ0n) is 15.9. The van der Waals surface area contributed by atoms with Gasteiger partial charge in [0.05, 0.1) is 18.7 Å². The summed E-state index contributed by atoms with van der Waals surface area (Å²) in [5.74, 6) is 1.77. The summed E-state index contributed by atoms with van der Waals surface area (Å²) in [5.41, 5.74) is 1.84. The zero-order chi connectivity index (χ0) is 18.6.